The molecule has 4 heteroatoms. The molecule has 12 heavy (non-hydrogen) atoms. The summed E-state index contributed by atoms with van der Waals surface area (Å²) in [5.41, 5.74) is -0.311. The molecular weight excluding hydrogens is 160 g/mol. The fraction of sp³-hybridized carbons (Fsp3) is 0.625. The average molecular weight is 174 g/mol. The Morgan fingerprint density at radius 3 is 2.25 bits per heavy atom. The second-order valence-corrected chi connectivity index (χ2v) is 3.41. The van der Waals surface area contributed by atoms with Crippen LogP contribution in [0.1, 0.15) is 27.7 Å². The highest BCUT2D eigenvalue weighted by molar-refractivity contribution is 5.87. The van der Waals surface area contributed by atoms with Gasteiger partial charge < -0.3 is 9.62 Å². The molecule has 0 bridgehead atoms. The molecule has 1 N–H and O–H groups in total. The van der Waals surface area contributed by atoms with Crippen LogP contribution in [-0.2, 0) is 14.4 Å². The molecule has 0 saturated carbocycles. The van der Waals surface area contributed by atoms with Gasteiger partial charge in [-0.25, -0.2) is 10.1 Å². The maximum absolute atomic E-state index is 11.1. The Labute approximate surface area is 71.7 Å². The van der Waals surface area contributed by atoms with E-state index in [1.165, 1.54) is 6.92 Å². The molecule has 0 amide bonds. The summed E-state index contributed by atoms with van der Waals surface area (Å²) < 4.78 is 4.95. The van der Waals surface area contributed by atoms with Gasteiger partial charge in [-0.15, -0.1) is 0 Å². The molecule has 0 atom stereocenters. The third kappa shape index (κ3) is 4.73. The highest BCUT2D eigenvalue weighted by Gasteiger charge is 2.17. The maximum Gasteiger partial charge on any atom is 0.337 e. The van der Waals surface area contributed by atoms with Gasteiger partial charge in [-0.3, -0.25) is 0 Å². The van der Waals surface area contributed by atoms with Crippen LogP contribution in [0.5, 0.6) is 0 Å². The van der Waals surface area contributed by atoms with Gasteiger partial charge in [-0.05, 0) is 27.7 Å². The number of hydrogen-bond donors (Lipinski definition) is 1. The van der Waals surface area contributed by atoms with E-state index in [4.69, 9.17) is 9.99 Å². The zero-order valence-corrected chi connectivity index (χ0v) is 7.75. The Morgan fingerprint density at radius 1 is 1.42 bits per heavy atom. The van der Waals surface area contributed by atoms with Crippen molar-refractivity contribution in [2.45, 2.75) is 33.3 Å². The average Bonchev–Trinajstić information content (AvgIpc) is 1.84. The molecule has 0 aromatic rings. The van der Waals surface area contributed by atoms with Gasteiger partial charge in [-0.1, -0.05) is 0 Å². The summed E-state index contributed by atoms with van der Waals surface area (Å²) in [6.45, 7) is 6.78. The van der Waals surface area contributed by atoms with Gasteiger partial charge >= 0.3 is 5.97 Å². The molecule has 0 aliphatic rings. The smallest absolute Gasteiger partial charge is 0.337 e. The molecule has 0 aliphatic carbocycles. The van der Waals surface area contributed by atoms with Crippen molar-refractivity contribution in [1.82, 2.24) is 0 Å². The molecule has 0 aromatic heterocycles. The second-order valence-electron chi connectivity index (χ2n) is 3.41. The molecule has 4 nitrogen and oxygen atoms in total. The monoisotopic (exact) mass is 174 g/mol. The molecule has 0 fully saturated rings. The molecule has 0 radical (unpaired) electrons. The third-order valence-corrected chi connectivity index (χ3v) is 0.950. The van der Waals surface area contributed by atoms with Crippen LogP contribution in [0.3, 0.4) is 0 Å². The summed E-state index contributed by atoms with van der Waals surface area (Å²) in [6, 6.07) is 0. The minimum Gasteiger partial charge on any atom is -0.457 e. The van der Waals surface area contributed by atoms with Gasteiger partial charge in [0, 0.05) is 0 Å². The van der Waals surface area contributed by atoms with E-state index in [9.17, 15) is 4.79 Å². The van der Waals surface area contributed by atoms with Gasteiger partial charge in [0.05, 0.1) is 5.57 Å². The predicted octanol–water partition coefficient (Wildman–Crippen LogP) is 1.72. The first kappa shape index (κ1) is 11.0. The minimum atomic E-state index is -0.526. The largest absolute Gasteiger partial charge is 0.457 e. The normalized spacial score (nSPS) is 12.6. The van der Waals surface area contributed by atoms with Crippen LogP contribution in [-0.4, -0.2) is 16.8 Å². The first-order valence-corrected chi connectivity index (χ1v) is 3.57. The van der Waals surface area contributed by atoms with E-state index in [1.807, 2.05) is 0 Å². The van der Waals surface area contributed by atoms with E-state index in [2.05, 4.69) is 4.89 Å². The number of ether oxygens (including phenoxy) is 1. The lowest BCUT2D eigenvalue weighted by Crippen LogP contribution is -2.24. The third-order valence-electron chi connectivity index (χ3n) is 0.950. The second kappa shape index (κ2) is 4.11. The number of carbonyl (C=O) groups excluding carboxylic acids is 1. The Bertz CT molecular complexity index is 188. The van der Waals surface area contributed by atoms with Crippen LogP contribution < -0.4 is 0 Å². The Hall–Kier alpha value is -1.03. The lowest BCUT2D eigenvalue weighted by atomic mass is 10.2. The summed E-state index contributed by atoms with van der Waals surface area (Å²) in [5, 5.41) is 8.00. The summed E-state index contributed by atoms with van der Waals surface area (Å²) in [5.74, 6) is -0.503. The molecule has 0 rings (SSSR count). The highest BCUT2D eigenvalue weighted by Crippen LogP contribution is 2.10. The van der Waals surface area contributed by atoms with E-state index in [-0.39, 0.29) is 5.57 Å². The number of hydrogen-bond acceptors (Lipinski definition) is 4. The predicted molar refractivity (Wildman–Crippen MR) is 43.3 cm³/mol. The molecule has 0 heterocycles. The quantitative estimate of drug-likeness (QED) is 0.228. The van der Waals surface area contributed by atoms with Crippen LogP contribution in [0.4, 0.5) is 0 Å². The molecule has 0 saturated heterocycles. The molecule has 0 unspecified atom stereocenters. The van der Waals surface area contributed by atoms with Crippen LogP contribution >= 0.6 is 0 Å². The van der Waals surface area contributed by atoms with E-state index < -0.39 is 11.6 Å². The van der Waals surface area contributed by atoms with E-state index in [0.717, 1.165) is 6.26 Å². The summed E-state index contributed by atoms with van der Waals surface area (Å²) in [7, 11) is 0. The van der Waals surface area contributed by atoms with Gasteiger partial charge in [0.15, 0.2) is 0 Å². The van der Waals surface area contributed by atoms with Gasteiger partial charge in [-0.2, -0.15) is 0 Å². The summed E-state index contributed by atoms with van der Waals surface area (Å²) >= 11 is 0. The number of carbonyl (C=O) groups is 1. The molecule has 0 aliphatic heterocycles. The Balaban J connectivity index is 4.15. The lowest BCUT2D eigenvalue weighted by Gasteiger charge is -2.19. The van der Waals surface area contributed by atoms with Crippen molar-refractivity contribution in [1.29, 1.82) is 0 Å². The zero-order chi connectivity index (χ0) is 9.78. The molecular formula is C8H14O4. The highest BCUT2D eigenvalue weighted by atomic mass is 17.1. The summed E-state index contributed by atoms with van der Waals surface area (Å²) in [6.07, 6.45) is 0.925. The van der Waals surface area contributed by atoms with Crippen molar-refractivity contribution >= 4 is 5.97 Å². The maximum atomic E-state index is 11.1. The van der Waals surface area contributed by atoms with E-state index in [0.29, 0.717) is 0 Å². The lowest BCUT2D eigenvalue weighted by molar-refractivity contribution is -0.188. The number of rotatable bonds is 2. The molecule has 0 aromatic carbocycles. The van der Waals surface area contributed by atoms with E-state index >= 15 is 0 Å². The van der Waals surface area contributed by atoms with Crippen molar-refractivity contribution in [3.05, 3.63) is 11.8 Å². The first-order chi connectivity index (χ1) is 5.37. The fourth-order valence-corrected chi connectivity index (χ4v) is 0.486. The first-order valence-electron chi connectivity index (χ1n) is 3.57. The van der Waals surface area contributed by atoms with Crippen LogP contribution in [0, 0.1) is 0 Å². The zero-order valence-electron chi connectivity index (χ0n) is 7.75. The molecule has 70 valence electrons. The minimum absolute atomic E-state index is 0.215. The SMILES string of the molecule is CC(=COO)C(=O)OC(C)(C)C. The summed E-state index contributed by atoms with van der Waals surface area (Å²) in [4.78, 5) is 14.7. The standard InChI is InChI=1S/C8H14O4/c1-6(5-11-10)7(9)12-8(2,3)4/h5,10H,1-4H3. The van der Waals surface area contributed by atoms with Gasteiger partial charge in [0.25, 0.3) is 0 Å². The van der Waals surface area contributed by atoms with Crippen LogP contribution in [0.25, 0.3) is 0 Å². The van der Waals surface area contributed by atoms with Crippen LogP contribution in [0.15, 0.2) is 11.8 Å². The molecule has 0 spiro atoms. The van der Waals surface area contributed by atoms with Gasteiger partial charge in [0.1, 0.15) is 11.9 Å². The Morgan fingerprint density at radius 2 is 1.92 bits per heavy atom. The topological polar surface area (TPSA) is 55.8 Å². The van der Waals surface area contributed by atoms with Gasteiger partial charge in [0.2, 0.25) is 0 Å². The van der Waals surface area contributed by atoms with Crippen molar-refractivity contribution < 1.29 is 19.7 Å². The van der Waals surface area contributed by atoms with Crippen molar-refractivity contribution in [2.24, 2.45) is 0 Å². The van der Waals surface area contributed by atoms with Crippen molar-refractivity contribution in [2.75, 3.05) is 0 Å². The van der Waals surface area contributed by atoms with Crippen molar-refractivity contribution in [3.63, 3.8) is 0 Å². The van der Waals surface area contributed by atoms with E-state index in [1.54, 1.807) is 20.8 Å². The van der Waals surface area contributed by atoms with Crippen LogP contribution in [0.2, 0.25) is 0 Å². The number of esters is 1. The van der Waals surface area contributed by atoms with Crippen molar-refractivity contribution in [3.8, 4) is 0 Å². The Kier molecular flexibility index (Phi) is 3.76. The fourth-order valence-electron chi connectivity index (χ4n) is 0.486.